The number of rotatable bonds is 6. The molecule has 1 aliphatic heterocycles. The maximum absolute atomic E-state index is 12.7. The van der Waals surface area contributed by atoms with Crippen molar-refractivity contribution in [3.63, 3.8) is 0 Å². The summed E-state index contributed by atoms with van der Waals surface area (Å²) in [5.41, 5.74) is -0.418. The normalized spacial score (nSPS) is 16.7. The molecular formula is C20H21F3N2O2. The second-order valence-corrected chi connectivity index (χ2v) is 6.48. The van der Waals surface area contributed by atoms with Crippen LogP contribution in [-0.2, 0) is 11.0 Å². The first-order valence-corrected chi connectivity index (χ1v) is 8.84. The van der Waals surface area contributed by atoms with Crippen LogP contribution in [0.5, 0.6) is 0 Å². The lowest BCUT2D eigenvalue weighted by molar-refractivity contribution is -0.137. The molecule has 0 unspecified atom stereocenters. The third-order valence-electron chi connectivity index (χ3n) is 4.56. The molecule has 1 N–H and O–H groups in total. The van der Waals surface area contributed by atoms with E-state index in [4.69, 9.17) is 4.42 Å². The topological polar surface area (TPSA) is 45.5 Å². The van der Waals surface area contributed by atoms with Gasteiger partial charge >= 0.3 is 6.18 Å². The van der Waals surface area contributed by atoms with Crippen LogP contribution >= 0.6 is 0 Å². The Morgan fingerprint density at radius 1 is 1.22 bits per heavy atom. The van der Waals surface area contributed by atoms with Gasteiger partial charge in [-0.2, -0.15) is 13.2 Å². The van der Waals surface area contributed by atoms with Crippen molar-refractivity contribution in [2.24, 2.45) is 0 Å². The predicted molar refractivity (Wildman–Crippen MR) is 95.7 cm³/mol. The lowest BCUT2D eigenvalue weighted by Gasteiger charge is -2.25. The Bertz CT molecular complexity index is 779. The number of amides is 1. The van der Waals surface area contributed by atoms with Crippen LogP contribution in [0.4, 0.5) is 13.2 Å². The standard InChI is InChI=1S/C20H21F3N2O2/c21-20(22,23)16-6-3-5-15(13-16)8-9-19(26)24-14-17(18-7-4-12-27-18)25-10-1-2-11-25/h3-9,12-13,17H,1-2,10-11,14H2,(H,24,26)/b9-8+/t17-/m0/s1. The number of nitrogens with one attached hydrogen (secondary N) is 1. The van der Waals surface area contributed by atoms with Crippen molar-refractivity contribution in [1.82, 2.24) is 10.2 Å². The quantitative estimate of drug-likeness (QED) is 0.764. The summed E-state index contributed by atoms with van der Waals surface area (Å²) < 4.78 is 43.7. The molecule has 1 saturated heterocycles. The van der Waals surface area contributed by atoms with Gasteiger partial charge in [0, 0.05) is 12.6 Å². The van der Waals surface area contributed by atoms with Crippen LogP contribution in [0.3, 0.4) is 0 Å². The molecule has 1 aromatic heterocycles. The zero-order valence-electron chi connectivity index (χ0n) is 14.7. The summed E-state index contributed by atoms with van der Waals surface area (Å²) in [4.78, 5) is 14.4. The average molecular weight is 378 g/mol. The fraction of sp³-hybridized carbons (Fsp3) is 0.350. The second-order valence-electron chi connectivity index (χ2n) is 6.48. The van der Waals surface area contributed by atoms with E-state index in [-0.39, 0.29) is 11.9 Å². The van der Waals surface area contributed by atoms with Crippen molar-refractivity contribution in [2.75, 3.05) is 19.6 Å². The highest BCUT2D eigenvalue weighted by Gasteiger charge is 2.30. The molecule has 0 spiro atoms. The van der Waals surface area contributed by atoms with Crippen molar-refractivity contribution in [2.45, 2.75) is 25.1 Å². The van der Waals surface area contributed by atoms with Gasteiger partial charge in [-0.25, -0.2) is 0 Å². The Morgan fingerprint density at radius 2 is 2.00 bits per heavy atom. The SMILES string of the molecule is O=C(/C=C/c1cccc(C(F)(F)F)c1)NC[C@@H](c1ccco1)N1CCCC1. The third kappa shape index (κ3) is 5.23. The van der Waals surface area contributed by atoms with Gasteiger partial charge in [-0.15, -0.1) is 0 Å². The van der Waals surface area contributed by atoms with Gasteiger partial charge in [0.15, 0.2) is 0 Å². The summed E-state index contributed by atoms with van der Waals surface area (Å²) in [6, 6.07) is 8.51. The summed E-state index contributed by atoms with van der Waals surface area (Å²) in [5.74, 6) is 0.433. The van der Waals surface area contributed by atoms with E-state index in [9.17, 15) is 18.0 Å². The molecule has 3 rings (SSSR count). The first-order valence-electron chi connectivity index (χ1n) is 8.84. The largest absolute Gasteiger partial charge is 0.468 e. The van der Waals surface area contributed by atoms with Gasteiger partial charge in [0.05, 0.1) is 17.9 Å². The van der Waals surface area contributed by atoms with Crippen LogP contribution in [0, 0.1) is 0 Å². The number of hydrogen-bond acceptors (Lipinski definition) is 3. The van der Waals surface area contributed by atoms with Crippen molar-refractivity contribution in [1.29, 1.82) is 0 Å². The maximum atomic E-state index is 12.7. The van der Waals surface area contributed by atoms with Crippen molar-refractivity contribution in [3.05, 3.63) is 65.6 Å². The van der Waals surface area contributed by atoms with Gasteiger partial charge < -0.3 is 9.73 Å². The van der Waals surface area contributed by atoms with Crippen LogP contribution in [0.25, 0.3) is 6.08 Å². The number of carbonyl (C=O) groups is 1. The molecule has 1 amide bonds. The summed E-state index contributed by atoms with van der Waals surface area (Å²) in [7, 11) is 0. The molecule has 27 heavy (non-hydrogen) atoms. The molecule has 7 heteroatoms. The zero-order valence-corrected chi connectivity index (χ0v) is 14.7. The van der Waals surface area contributed by atoms with E-state index in [0.29, 0.717) is 12.1 Å². The van der Waals surface area contributed by atoms with E-state index in [0.717, 1.165) is 43.8 Å². The van der Waals surface area contributed by atoms with Crippen LogP contribution in [0.15, 0.2) is 53.2 Å². The fourth-order valence-electron chi connectivity index (χ4n) is 3.19. The van der Waals surface area contributed by atoms with Crippen LogP contribution in [0.1, 0.15) is 35.8 Å². The minimum absolute atomic E-state index is 0.0478. The number of furan rings is 1. The number of likely N-dealkylation sites (tertiary alicyclic amines) is 1. The maximum Gasteiger partial charge on any atom is 0.416 e. The first-order chi connectivity index (χ1) is 12.9. The Balaban J connectivity index is 1.60. The highest BCUT2D eigenvalue weighted by Crippen LogP contribution is 2.29. The molecule has 144 valence electrons. The highest BCUT2D eigenvalue weighted by molar-refractivity contribution is 5.91. The summed E-state index contributed by atoms with van der Waals surface area (Å²) in [6.45, 7) is 2.27. The minimum Gasteiger partial charge on any atom is -0.468 e. The van der Waals surface area contributed by atoms with Gasteiger partial charge in [0.2, 0.25) is 5.91 Å². The molecule has 0 aliphatic carbocycles. The van der Waals surface area contributed by atoms with E-state index < -0.39 is 11.7 Å². The van der Waals surface area contributed by atoms with Crippen LogP contribution in [0.2, 0.25) is 0 Å². The third-order valence-corrected chi connectivity index (χ3v) is 4.56. The molecule has 4 nitrogen and oxygen atoms in total. The Hall–Kier alpha value is -2.54. The van der Waals surface area contributed by atoms with Crippen molar-refractivity contribution >= 4 is 12.0 Å². The molecule has 2 heterocycles. The molecule has 1 aliphatic rings. The lowest BCUT2D eigenvalue weighted by atomic mass is 10.1. The Kier molecular flexibility index (Phi) is 6.01. The van der Waals surface area contributed by atoms with E-state index in [1.165, 1.54) is 24.3 Å². The summed E-state index contributed by atoms with van der Waals surface area (Å²) >= 11 is 0. The summed E-state index contributed by atoms with van der Waals surface area (Å²) in [5, 5.41) is 2.81. The molecule has 1 fully saturated rings. The first kappa shape index (κ1) is 19.2. The number of benzene rings is 1. The molecule has 0 saturated carbocycles. The van der Waals surface area contributed by atoms with Crippen molar-refractivity contribution < 1.29 is 22.4 Å². The second kappa shape index (κ2) is 8.43. The predicted octanol–water partition coefficient (Wildman–Crippen LogP) is 4.26. The molecule has 1 aromatic carbocycles. The highest BCUT2D eigenvalue weighted by atomic mass is 19.4. The molecule has 0 bridgehead atoms. The van der Waals surface area contributed by atoms with E-state index in [1.807, 2.05) is 12.1 Å². The van der Waals surface area contributed by atoms with Gasteiger partial charge in [0.25, 0.3) is 0 Å². The number of hydrogen-bond donors (Lipinski definition) is 1. The number of carbonyl (C=O) groups excluding carboxylic acids is 1. The van der Waals surface area contributed by atoms with Crippen LogP contribution in [-0.4, -0.2) is 30.4 Å². The minimum atomic E-state index is -4.40. The molecule has 0 radical (unpaired) electrons. The molecule has 2 aromatic rings. The number of halogens is 3. The van der Waals surface area contributed by atoms with E-state index in [2.05, 4.69) is 10.2 Å². The van der Waals surface area contributed by atoms with E-state index >= 15 is 0 Å². The molecule has 1 atom stereocenters. The van der Waals surface area contributed by atoms with Gasteiger partial charge in [-0.3, -0.25) is 9.69 Å². The van der Waals surface area contributed by atoms with Gasteiger partial charge in [0.1, 0.15) is 5.76 Å². The zero-order chi connectivity index (χ0) is 19.3. The van der Waals surface area contributed by atoms with E-state index in [1.54, 1.807) is 6.26 Å². The average Bonchev–Trinajstić information content (AvgIpc) is 3.34. The van der Waals surface area contributed by atoms with Gasteiger partial charge in [-0.05, 0) is 61.8 Å². The number of nitrogens with zero attached hydrogens (tertiary/aromatic N) is 1. The Morgan fingerprint density at radius 3 is 2.67 bits per heavy atom. The molecular weight excluding hydrogens is 357 g/mol. The summed E-state index contributed by atoms with van der Waals surface area (Å²) in [6.07, 6.45) is 2.05. The smallest absolute Gasteiger partial charge is 0.416 e. The Labute approximate surface area is 155 Å². The lowest BCUT2D eigenvalue weighted by Crippen LogP contribution is -2.36. The monoisotopic (exact) mass is 378 g/mol. The van der Waals surface area contributed by atoms with Gasteiger partial charge in [-0.1, -0.05) is 12.1 Å². The number of alkyl halides is 3. The van der Waals surface area contributed by atoms with Crippen LogP contribution < -0.4 is 5.32 Å². The van der Waals surface area contributed by atoms with Crippen molar-refractivity contribution in [3.8, 4) is 0 Å². The fourth-order valence-corrected chi connectivity index (χ4v) is 3.19.